The Bertz CT molecular complexity index is 535. The molecule has 1 aromatic heterocycles. The molecule has 0 aliphatic rings. The van der Waals surface area contributed by atoms with E-state index >= 15 is 0 Å². The monoisotopic (exact) mass is 356 g/mol. The molecule has 0 bridgehead atoms. The number of rotatable bonds is 5. The summed E-state index contributed by atoms with van der Waals surface area (Å²) in [6.45, 7) is 3.88. The van der Waals surface area contributed by atoms with Crippen molar-refractivity contribution in [2.75, 3.05) is 18.1 Å². The van der Waals surface area contributed by atoms with Crippen molar-refractivity contribution >= 4 is 43.4 Å². The van der Waals surface area contributed by atoms with Crippen LogP contribution in [0.25, 0.3) is 0 Å². The van der Waals surface area contributed by atoms with Crippen molar-refractivity contribution in [3.8, 4) is 0 Å². The third-order valence-electron chi connectivity index (χ3n) is 1.91. The van der Waals surface area contributed by atoms with Crippen molar-refractivity contribution in [1.29, 1.82) is 0 Å². The van der Waals surface area contributed by atoms with Crippen LogP contribution in [0, 0.1) is 0 Å². The van der Waals surface area contributed by atoms with Gasteiger partial charge in [0.2, 0.25) is 10.0 Å². The van der Waals surface area contributed by atoms with E-state index < -0.39 is 15.6 Å². The van der Waals surface area contributed by atoms with Gasteiger partial charge in [0.25, 0.3) is 0 Å². The molecule has 102 valence electrons. The molecule has 0 aliphatic carbocycles. The topological polar surface area (TPSA) is 84.0 Å². The second-order valence-corrected chi connectivity index (χ2v) is 7.34. The third kappa shape index (κ3) is 5.05. The lowest BCUT2D eigenvalue weighted by atomic mass is 10.1. The molecule has 0 radical (unpaired) electrons. The summed E-state index contributed by atoms with van der Waals surface area (Å²) in [5.41, 5.74) is -0.648. The quantitative estimate of drug-likeness (QED) is 0.783. The van der Waals surface area contributed by atoms with Crippen LogP contribution in [0.3, 0.4) is 0 Å². The molecule has 0 amide bonds. The Kier molecular flexibility index (Phi) is 4.93. The van der Waals surface area contributed by atoms with Gasteiger partial charge in [-0.05, 0) is 29.8 Å². The summed E-state index contributed by atoms with van der Waals surface area (Å²) in [5.74, 6) is 0.512. The minimum Gasteiger partial charge on any atom is -0.367 e. The Labute approximate surface area is 120 Å². The van der Waals surface area contributed by atoms with Crippen LogP contribution in [0.2, 0.25) is 5.15 Å². The van der Waals surface area contributed by atoms with Gasteiger partial charge in [-0.25, -0.2) is 23.1 Å². The summed E-state index contributed by atoms with van der Waals surface area (Å²) in [4.78, 5) is 7.81. The highest BCUT2D eigenvalue weighted by atomic mass is 79.9. The first-order valence-electron chi connectivity index (χ1n) is 4.99. The first-order valence-corrected chi connectivity index (χ1v) is 8.06. The molecule has 0 saturated carbocycles. The minimum atomic E-state index is -3.27. The van der Waals surface area contributed by atoms with Crippen molar-refractivity contribution in [3.05, 3.63) is 16.0 Å². The highest BCUT2D eigenvalue weighted by Crippen LogP contribution is 2.26. The first kappa shape index (κ1) is 15.6. The maximum absolute atomic E-state index is 11.2. The maximum Gasteiger partial charge on any atom is 0.209 e. The highest BCUT2D eigenvalue weighted by molar-refractivity contribution is 9.10. The van der Waals surface area contributed by atoms with E-state index in [0.29, 0.717) is 22.0 Å². The fourth-order valence-electron chi connectivity index (χ4n) is 1.31. The number of halogens is 2. The summed E-state index contributed by atoms with van der Waals surface area (Å²) in [5, 5.41) is 3.30. The van der Waals surface area contributed by atoms with Gasteiger partial charge in [0.15, 0.2) is 0 Å². The lowest BCUT2D eigenvalue weighted by Crippen LogP contribution is -2.47. The number of anilines is 1. The van der Waals surface area contributed by atoms with Crippen molar-refractivity contribution in [2.45, 2.75) is 19.4 Å². The van der Waals surface area contributed by atoms with Crippen LogP contribution >= 0.6 is 27.5 Å². The lowest BCUT2D eigenvalue weighted by molar-refractivity contribution is 0.475. The van der Waals surface area contributed by atoms with Gasteiger partial charge in [0.1, 0.15) is 17.3 Å². The van der Waals surface area contributed by atoms with Gasteiger partial charge in [-0.2, -0.15) is 0 Å². The molecular weight excluding hydrogens is 344 g/mol. The van der Waals surface area contributed by atoms with E-state index in [1.54, 1.807) is 13.8 Å². The number of nitrogens with one attached hydrogen (secondary N) is 2. The molecule has 1 aromatic rings. The van der Waals surface area contributed by atoms with Crippen LogP contribution in [0.4, 0.5) is 5.82 Å². The number of hydrogen-bond donors (Lipinski definition) is 2. The third-order valence-corrected chi connectivity index (χ3v) is 4.10. The number of nitrogens with zero attached hydrogens (tertiary/aromatic N) is 2. The largest absolute Gasteiger partial charge is 0.367 e. The van der Waals surface area contributed by atoms with E-state index in [1.807, 2.05) is 0 Å². The standard InChI is InChI=1S/C9H14BrClN4O2S/c1-9(2,15-18(3,16)17)4-12-8-6(10)7(11)13-5-14-8/h5,15H,4H2,1-3H3,(H,12,13,14). The number of sulfonamides is 1. The van der Waals surface area contributed by atoms with Crippen molar-refractivity contribution in [3.63, 3.8) is 0 Å². The molecule has 2 N–H and O–H groups in total. The Morgan fingerprint density at radius 1 is 1.44 bits per heavy atom. The first-order chi connectivity index (χ1) is 8.11. The average molecular weight is 358 g/mol. The molecule has 9 heteroatoms. The zero-order valence-corrected chi connectivity index (χ0v) is 13.3. The summed E-state index contributed by atoms with van der Waals surface area (Å²) in [6, 6.07) is 0. The van der Waals surface area contributed by atoms with Crippen LogP contribution in [0.1, 0.15) is 13.8 Å². The molecule has 1 rings (SSSR count). The zero-order valence-electron chi connectivity index (χ0n) is 10.2. The van der Waals surface area contributed by atoms with E-state index in [9.17, 15) is 8.42 Å². The smallest absolute Gasteiger partial charge is 0.209 e. The molecule has 0 spiro atoms. The van der Waals surface area contributed by atoms with E-state index in [0.717, 1.165) is 6.26 Å². The molecule has 0 unspecified atom stereocenters. The van der Waals surface area contributed by atoms with Crippen molar-refractivity contribution in [2.24, 2.45) is 0 Å². The van der Waals surface area contributed by atoms with E-state index in [1.165, 1.54) is 6.33 Å². The van der Waals surface area contributed by atoms with Gasteiger partial charge < -0.3 is 5.32 Å². The van der Waals surface area contributed by atoms with Crippen molar-refractivity contribution < 1.29 is 8.42 Å². The Morgan fingerprint density at radius 3 is 2.61 bits per heavy atom. The predicted octanol–water partition coefficient (Wildman–Crippen LogP) is 1.63. The molecule has 6 nitrogen and oxygen atoms in total. The van der Waals surface area contributed by atoms with Crippen molar-refractivity contribution in [1.82, 2.24) is 14.7 Å². The average Bonchev–Trinajstić information content (AvgIpc) is 2.17. The van der Waals surface area contributed by atoms with E-state index in [2.05, 4.69) is 35.9 Å². The van der Waals surface area contributed by atoms with Crippen LogP contribution in [-0.2, 0) is 10.0 Å². The van der Waals surface area contributed by atoms with Crippen LogP contribution in [0.15, 0.2) is 10.8 Å². The maximum atomic E-state index is 11.2. The minimum absolute atomic E-state index is 0.293. The van der Waals surface area contributed by atoms with Gasteiger partial charge in [-0.15, -0.1) is 0 Å². The van der Waals surface area contributed by atoms with Crippen LogP contribution < -0.4 is 10.0 Å². The summed E-state index contributed by atoms with van der Waals surface area (Å²) in [7, 11) is -3.27. The normalized spacial score (nSPS) is 12.5. The fraction of sp³-hybridized carbons (Fsp3) is 0.556. The molecule has 1 heterocycles. The van der Waals surface area contributed by atoms with Gasteiger partial charge in [-0.3, -0.25) is 0 Å². The second-order valence-electron chi connectivity index (χ2n) is 4.44. The SMILES string of the molecule is CC(C)(CNc1ncnc(Cl)c1Br)NS(C)(=O)=O. The summed E-state index contributed by atoms with van der Waals surface area (Å²) >= 11 is 9.07. The van der Waals surface area contributed by atoms with Crippen LogP contribution in [0.5, 0.6) is 0 Å². The molecule has 0 aliphatic heterocycles. The number of aromatic nitrogens is 2. The number of hydrogen-bond acceptors (Lipinski definition) is 5. The summed E-state index contributed by atoms with van der Waals surface area (Å²) in [6.07, 6.45) is 2.44. The fourth-order valence-corrected chi connectivity index (χ4v) is 2.87. The predicted molar refractivity (Wildman–Crippen MR) is 75.3 cm³/mol. The Morgan fingerprint density at radius 2 is 2.06 bits per heavy atom. The lowest BCUT2D eigenvalue weighted by Gasteiger charge is -2.25. The molecule has 0 aromatic carbocycles. The highest BCUT2D eigenvalue weighted by Gasteiger charge is 2.22. The zero-order chi connectivity index (χ0) is 14.0. The Hall–Kier alpha value is -0.440. The molecule has 0 fully saturated rings. The van der Waals surface area contributed by atoms with Gasteiger partial charge in [0, 0.05) is 12.1 Å². The van der Waals surface area contributed by atoms with Gasteiger partial charge in [0.05, 0.1) is 10.7 Å². The van der Waals surface area contributed by atoms with Crippen LogP contribution in [-0.4, -0.2) is 36.7 Å². The molecule has 18 heavy (non-hydrogen) atoms. The summed E-state index contributed by atoms with van der Waals surface area (Å²) < 4.78 is 25.4. The van der Waals surface area contributed by atoms with Gasteiger partial charge in [-0.1, -0.05) is 11.6 Å². The molecular formula is C9H14BrClN4O2S. The molecule has 0 atom stereocenters. The van der Waals surface area contributed by atoms with Gasteiger partial charge >= 0.3 is 0 Å². The van der Waals surface area contributed by atoms with E-state index in [-0.39, 0.29) is 0 Å². The molecule has 0 saturated heterocycles. The Balaban J connectivity index is 2.73. The second kappa shape index (κ2) is 5.68. The van der Waals surface area contributed by atoms with E-state index in [4.69, 9.17) is 11.6 Å².